The Morgan fingerprint density at radius 2 is 1.88 bits per heavy atom. The number of methoxy groups -OCH3 is 1. The number of imide groups is 1. The molecule has 1 aromatic rings. The number of hydrogen-bond donors (Lipinski definition) is 2. The highest BCUT2D eigenvalue weighted by Gasteiger charge is 2.51. The first kappa shape index (κ1) is 26.5. The van der Waals surface area contributed by atoms with Gasteiger partial charge in [-0.2, -0.15) is 0 Å². The van der Waals surface area contributed by atoms with E-state index in [1.165, 1.54) is 13.2 Å². The van der Waals surface area contributed by atoms with Gasteiger partial charge in [0.15, 0.2) is 23.8 Å². The van der Waals surface area contributed by atoms with Crippen LogP contribution in [0.5, 0.6) is 0 Å². The van der Waals surface area contributed by atoms with Gasteiger partial charge < -0.3 is 24.4 Å². The Kier molecular flexibility index (Phi) is 9.00. The summed E-state index contributed by atoms with van der Waals surface area (Å²) in [5, 5.41) is 20.0. The summed E-state index contributed by atoms with van der Waals surface area (Å²) in [5.41, 5.74) is 0.736. The highest BCUT2D eigenvalue weighted by atomic mass is 79.9. The molecular weight excluding hydrogens is 510 g/mol. The minimum absolute atomic E-state index is 0.0983. The molecule has 0 bridgehead atoms. The number of aliphatic hydroxyl groups excluding tert-OH is 1. The molecule has 1 fully saturated rings. The first-order valence-corrected chi connectivity index (χ1v) is 12.1. The minimum atomic E-state index is -1.82. The predicted molar refractivity (Wildman–Crippen MR) is 125 cm³/mol. The maximum absolute atomic E-state index is 13.4. The summed E-state index contributed by atoms with van der Waals surface area (Å²) >= 11 is 3.20. The molecule has 10 heteroatoms. The van der Waals surface area contributed by atoms with Gasteiger partial charge in [0.1, 0.15) is 6.10 Å². The molecule has 1 aromatic carbocycles. The predicted octanol–water partition coefficient (Wildman–Crippen LogP) is 2.99. The van der Waals surface area contributed by atoms with Crippen molar-refractivity contribution in [1.82, 2.24) is 4.90 Å². The zero-order valence-electron chi connectivity index (χ0n) is 19.2. The van der Waals surface area contributed by atoms with Crippen molar-refractivity contribution in [3.05, 3.63) is 46.5 Å². The molecule has 9 nitrogen and oxygen atoms in total. The lowest BCUT2D eigenvalue weighted by Gasteiger charge is -2.38. The molecule has 2 heterocycles. The van der Waals surface area contributed by atoms with Gasteiger partial charge in [-0.15, -0.1) is 0 Å². The second-order valence-electron chi connectivity index (χ2n) is 8.43. The summed E-state index contributed by atoms with van der Waals surface area (Å²) in [4.78, 5) is 39.7. The van der Waals surface area contributed by atoms with Gasteiger partial charge >= 0.3 is 6.09 Å². The molecule has 0 spiro atoms. The summed E-state index contributed by atoms with van der Waals surface area (Å²) in [6.07, 6.45) is -0.307. The van der Waals surface area contributed by atoms with Crippen LogP contribution in [0.4, 0.5) is 4.79 Å². The van der Waals surface area contributed by atoms with Crippen molar-refractivity contribution >= 4 is 33.7 Å². The second kappa shape index (κ2) is 11.5. The zero-order chi connectivity index (χ0) is 24.9. The maximum atomic E-state index is 13.4. The molecule has 0 unspecified atom stereocenters. The normalized spacial score (nSPS) is 28.0. The van der Waals surface area contributed by atoms with Crippen molar-refractivity contribution in [1.29, 1.82) is 0 Å². The number of ketones is 1. The van der Waals surface area contributed by atoms with E-state index < -0.39 is 47.9 Å². The molecule has 0 radical (unpaired) electrons. The number of ether oxygens (including phenoxy) is 3. The molecule has 5 atom stereocenters. The number of nitrogens with zero attached hydrogens (tertiary/aromatic N) is 1. The Hall–Kier alpha value is -2.11. The molecule has 0 saturated carbocycles. The van der Waals surface area contributed by atoms with Gasteiger partial charge in [0.25, 0.3) is 5.91 Å². The van der Waals surface area contributed by atoms with Crippen molar-refractivity contribution in [2.75, 3.05) is 13.7 Å². The number of amides is 2. The smallest absolute Gasteiger partial charge is 0.417 e. The average Bonchev–Trinajstić information content (AvgIpc) is 3.12. The summed E-state index contributed by atoms with van der Waals surface area (Å²) in [6.45, 7) is 1.77. The third-order valence-electron chi connectivity index (χ3n) is 6.08. The van der Waals surface area contributed by atoms with Crippen molar-refractivity contribution in [2.45, 2.75) is 69.2 Å². The van der Waals surface area contributed by atoms with Gasteiger partial charge in [0, 0.05) is 20.1 Å². The molecule has 3 rings (SSSR count). The van der Waals surface area contributed by atoms with Crippen LogP contribution in [0.2, 0.25) is 0 Å². The Bertz CT molecular complexity index is 923. The SMILES string of the molecule is CO[C@H](C(=O)N1C(=O)O[C@H](c2ccccc2)[C@@H]1C)[C@@H]1O[C@](O)(CCCCCCO)C(Br)=CC1=O. The van der Waals surface area contributed by atoms with Crippen LogP contribution >= 0.6 is 15.9 Å². The number of carbonyl (C=O) groups is 3. The molecule has 186 valence electrons. The van der Waals surface area contributed by atoms with Gasteiger partial charge in [-0.05, 0) is 47.3 Å². The topological polar surface area (TPSA) is 123 Å². The molecule has 34 heavy (non-hydrogen) atoms. The third kappa shape index (κ3) is 5.58. The van der Waals surface area contributed by atoms with Crippen molar-refractivity contribution in [3.63, 3.8) is 0 Å². The number of hydrogen-bond acceptors (Lipinski definition) is 8. The molecular formula is C24H30BrNO8. The molecule has 0 aromatic heterocycles. The van der Waals surface area contributed by atoms with E-state index in [1.807, 2.05) is 18.2 Å². The van der Waals surface area contributed by atoms with Crippen LogP contribution in [0.3, 0.4) is 0 Å². The Balaban J connectivity index is 1.76. The van der Waals surface area contributed by atoms with Gasteiger partial charge in [-0.3, -0.25) is 9.59 Å². The molecule has 2 N–H and O–H groups in total. The van der Waals surface area contributed by atoms with Gasteiger partial charge in [0.05, 0.1) is 10.5 Å². The fourth-order valence-corrected chi connectivity index (χ4v) is 4.72. The van der Waals surface area contributed by atoms with E-state index in [-0.39, 0.29) is 17.5 Å². The molecule has 2 amide bonds. The van der Waals surface area contributed by atoms with E-state index in [9.17, 15) is 19.5 Å². The van der Waals surface area contributed by atoms with Gasteiger partial charge in [-0.25, -0.2) is 9.69 Å². The fourth-order valence-electron chi connectivity index (χ4n) is 4.20. The summed E-state index contributed by atoms with van der Waals surface area (Å²) in [5.74, 6) is -3.18. The highest BCUT2D eigenvalue weighted by Crippen LogP contribution is 2.38. The number of unbranched alkanes of at least 4 members (excludes halogenated alkanes) is 3. The fraction of sp³-hybridized carbons (Fsp3) is 0.542. The number of aliphatic hydroxyl groups is 2. The Labute approximate surface area is 206 Å². The Morgan fingerprint density at radius 1 is 1.21 bits per heavy atom. The van der Waals surface area contributed by atoms with E-state index in [4.69, 9.17) is 19.3 Å². The van der Waals surface area contributed by atoms with E-state index >= 15 is 0 Å². The Morgan fingerprint density at radius 3 is 2.53 bits per heavy atom. The monoisotopic (exact) mass is 539 g/mol. The highest BCUT2D eigenvalue weighted by molar-refractivity contribution is 9.11. The number of benzene rings is 1. The number of halogens is 1. The van der Waals surface area contributed by atoms with Gasteiger partial charge in [0.2, 0.25) is 0 Å². The average molecular weight is 540 g/mol. The summed E-state index contributed by atoms with van der Waals surface area (Å²) < 4.78 is 16.7. The van der Waals surface area contributed by atoms with E-state index in [2.05, 4.69) is 15.9 Å². The van der Waals surface area contributed by atoms with Crippen LogP contribution in [0.15, 0.2) is 40.9 Å². The lowest BCUT2D eigenvalue weighted by atomic mass is 9.98. The van der Waals surface area contributed by atoms with Crippen molar-refractivity contribution < 1.29 is 38.8 Å². The molecule has 2 aliphatic rings. The van der Waals surface area contributed by atoms with Crippen LogP contribution in [-0.4, -0.2) is 70.7 Å². The van der Waals surface area contributed by atoms with Crippen molar-refractivity contribution in [3.8, 4) is 0 Å². The number of cyclic esters (lactones) is 1. The summed E-state index contributed by atoms with van der Waals surface area (Å²) in [6, 6.07) is 8.40. The van der Waals surface area contributed by atoms with Crippen molar-refractivity contribution in [2.24, 2.45) is 0 Å². The standard InChI is InChI=1S/C24H30BrNO8/c1-15-19(16-10-6-5-7-11-16)33-23(30)26(15)22(29)21(32-2)20-17(28)14-18(25)24(31,34-20)12-8-3-4-9-13-27/h5-7,10-11,14-15,19-21,27,31H,3-4,8-9,12-13H2,1-2H3/t15-,19-,20+,21-,24+/m0/s1. The second-order valence-corrected chi connectivity index (χ2v) is 9.28. The van der Waals surface area contributed by atoms with Crippen LogP contribution < -0.4 is 0 Å². The van der Waals surface area contributed by atoms with Crippen LogP contribution in [-0.2, 0) is 23.8 Å². The van der Waals surface area contributed by atoms with Crippen LogP contribution in [0.25, 0.3) is 0 Å². The third-order valence-corrected chi connectivity index (χ3v) is 6.92. The molecule has 2 aliphatic heterocycles. The lowest BCUT2D eigenvalue weighted by Crippen LogP contribution is -2.56. The van der Waals surface area contributed by atoms with Gasteiger partial charge in [-0.1, -0.05) is 43.2 Å². The number of rotatable bonds is 10. The summed E-state index contributed by atoms with van der Waals surface area (Å²) in [7, 11) is 1.24. The molecule has 1 saturated heterocycles. The van der Waals surface area contributed by atoms with E-state index in [0.717, 1.165) is 23.3 Å². The lowest BCUT2D eigenvalue weighted by molar-refractivity contribution is -0.227. The molecule has 0 aliphatic carbocycles. The zero-order valence-corrected chi connectivity index (χ0v) is 20.8. The van der Waals surface area contributed by atoms with E-state index in [0.29, 0.717) is 12.8 Å². The number of carbonyl (C=O) groups excluding carboxylic acids is 3. The maximum Gasteiger partial charge on any atom is 0.417 e. The minimum Gasteiger partial charge on any atom is -0.439 e. The quantitative estimate of drug-likeness (QED) is 0.435. The van der Waals surface area contributed by atoms with Crippen LogP contribution in [0, 0.1) is 0 Å². The van der Waals surface area contributed by atoms with Crippen LogP contribution in [0.1, 0.15) is 50.7 Å². The first-order chi connectivity index (χ1) is 16.2. The van der Waals surface area contributed by atoms with E-state index in [1.54, 1.807) is 19.1 Å². The first-order valence-electron chi connectivity index (χ1n) is 11.3. The largest absolute Gasteiger partial charge is 0.439 e.